The zero-order valence-electron chi connectivity index (χ0n) is 8.58. The molecule has 0 atom stereocenters. The van der Waals surface area contributed by atoms with Crippen LogP contribution in [0.1, 0.15) is 0 Å². The van der Waals surface area contributed by atoms with Crippen LogP contribution in [0.2, 0.25) is 5.02 Å². The maximum Gasteiger partial charge on any atom is 0.232 e. The molecule has 0 aliphatic rings. The van der Waals surface area contributed by atoms with Crippen molar-refractivity contribution in [2.75, 3.05) is 7.11 Å². The summed E-state index contributed by atoms with van der Waals surface area (Å²) < 4.78 is 18.4. The molecule has 0 fully saturated rings. The van der Waals surface area contributed by atoms with Gasteiger partial charge in [0.15, 0.2) is 0 Å². The summed E-state index contributed by atoms with van der Waals surface area (Å²) in [5.41, 5.74) is 1.10. The van der Waals surface area contributed by atoms with Crippen LogP contribution in [-0.4, -0.2) is 12.1 Å². The molecule has 82 valence electrons. The van der Waals surface area contributed by atoms with E-state index in [1.807, 2.05) is 0 Å². The zero-order valence-corrected chi connectivity index (χ0v) is 9.33. The van der Waals surface area contributed by atoms with Crippen molar-refractivity contribution in [3.63, 3.8) is 0 Å². The second kappa shape index (κ2) is 4.49. The molecule has 2 aromatic rings. The lowest BCUT2D eigenvalue weighted by Gasteiger charge is -2.05. The molecular formula is C12H9ClFNO. The highest BCUT2D eigenvalue weighted by atomic mass is 35.5. The van der Waals surface area contributed by atoms with Gasteiger partial charge in [-0.15, -0.1) is 0 Å². The molecule has 0 saturated carbocycles. The normalized spacial score (nSPS) is 10.2. The molecule has 1 heterocycles. The molecule has 2 rings (SSSR count). The quantitative estimate of drug-likeness (QED) is 0.797. The van der Waals surface area contributed by atoms with Crippen molar-refractivity contribution in [3.05, 3.63) is 47.4 Å². The van der Waals surface area contributed by atoms with Gasteiger partial charge >= 0.3 is 0 Å². The van der Waals surface area contributed by atoms with Crippen LogP contribution < -0.4 is 4.74 Å². The number of hydrogen-bond donors (Lipinski definition) is 0. The summed E-state index contributed by atoms with van der Waals surface area (Å²) in [5, 5.41) is 0.364. The molecule has 0 bridgehead atoms. The van der Waals surface area contributed by atoms with Gasteiger partial charge in [0.25, 0.3) is 0 Å². The summed E-state index contributed by atoms with van der Waals surface area (Å²) in [7, 11) is 1.48. The highest BCUT2D eigenvalue weighted by Crippen LogP contribution is 2.28. The van der Waals surface area contributed by atoms with Crippen molar-refractivity contribution >= 4 is 11.6 Å². The van der Waals surface area contributed by atoms with E-state index in [4.69, 9.17) is 16.3 Å². The van der Waals surface area contributed by atoms with Crippen LogP contribution in [0.15, 0.2) is 36.5 Å². The third-order valence-electron chi connectivity index (χ3n) is 2.19. The fourth-order valence-corrected chi connectivity index (χ4v) is 1.66. The van der Waals surface area contributed by atoms with Crippen LogP contribution in [0.25, 0.3) is 11.1 Å². The molecule has 0 amide bonds. The van der Waals surface area contributed by atoms with Crippen LogP contribution in [0, 0.1) is 5.82 Å². The van der Waals surface area contributed by atoms with Crippen molar-refractivity contribution in [3.8, 4) is 17.0 Å². The maximum atomic E-state index is 13.5. The van der Waals surface area contributed by atoms with Crippen molar-refractivity contribution in [2.24, 2.45) is 0 Å². The smallest absolute Gasteiger partial charge is 0.232 e. The molecule has 4 heteroatoms. The van der Waals surface area contributed by atoms with Crippen molar-refractivity contribution in [1.82, 2.24) is 4.98 Å². The molecule has 0 N–H and O–H groups in total. The SMILES string of the molecule is COc1ncc(-c2ccccc2F)cc1Cl. The van der Waals surface area contributed by atoms with Gasteiger partial charge in [-0.2, -0.15) is 0 Å². The van der Waals surface area contributed by atoms with Crippen LogP contribution >= 0.6 is 11.6 Å². The Labute approximate surface area is 97.7 Å². The highest BCUT2D eigenvalue weighted by Gasteiger charge is 2.08. The first-order chi connectivity index (χ1) is 7.72. The Morgan fingerprint density at radius 2 is 2.06 bits per heavy atom. The Kier molecular flexibility index (Phi) is 3.06. The van der Waals surface area contributed by atoms with Crippen LogP contribution in [-0.2, 0) is 0 Å². The zero-order chi connectivity index (χ0) is 11.5. The minimum absolute atomic E-state index is 0.300. The Bertz CT molecular complexity index is 516. The molecule has 0 spiro atoms. The predicted octanol–water partition coefficient (Wildman–Crippen LogP) is 3.55. The predicted molar refractivity (Wildman–Crippen MR) is 61.2 cm³/mol. The highest BCUT2D eigenvalue weighted by molar-refractivity contribution is 6.32. The monoisotopic (exact) mass is 237 g/mol. The molecule has 16 heavy (non-hydrogen) atoms. The summed E-state index contributed by atoms with van der Waals surface area (Å²) in [6.07, 6.45) is 1.53. The first kappa shape index (κ1) is 10.9. The van der Waals surface area contributed by atoms with Gasteiger partial charge in [0.2, 0.25) is 5.88 Å². The van der Waals surface area contributed by atoms with E-state index in [0.29, 0.717) is 22.0 Å². The first-order valence-electron chi connectivity index (χ1n) is 4.67. The molecule has 0 unspecified atom stereocenters. The Morgan fingerprint density at radius 3 is 2.69 bits per heavy atom. The number of pyridine rings is 1. The van der Waals surface area contributed by atoms with E-state index < -0.39 is 0 Å². The van der Waals surface area contributed by atoms with Gasteiger partial charge < -0.3 is 4.74 Å². The number of benzene rings is 1. The number of aromatic nitrogens is 1. The van der Waals surface area contributed by atoms with Gasteiger partial charge in [-0.05, 0) is 12.1 Å². The van der Waals surface area contributed by atoms with Gasteiger partial charge in [0, 0.05) is 17.3 Å². The van der Waals surface area contributed by atoms with E-state index >= 15 is 0 Å². The summed E-state index contributed by atoms with van der Waals surface area (Å²) in [6, 6.07) is 8.10. The summed E-state index contributed by atoms with van der Waals surface area (Å²) >= 11 is 5.92. The molecule has 0 aliphatic carbocycles. The Balaban J connectivity index is 2.50. The lowest BCUT2D eigenvalue weighted by Crippen LogP contribution is -1.90. The fourth-order valence-electron chi connectivity index (χ4n) is 1.42. The minimum Gasteiger partial charge on any atom is -0.480 e. The van der Waals surface area contributed by atoms with E-state index in [1.165, 1.54) is 19.4 Å². The topological polar surface area (TPSA) is 22.1 Å². The second-order valence-electron chi connectivity index (χ2n) is 3.19. The van der Waals surface area contributed by atoms with E-state index in [9.17, 15) is 4.39 Å². The van der Waals surface area contributed by atoms with Gasteiger partial charge in [-0.25, -0.2) is 9.37 Å². The standard InChI is InChI=1S/C12H9ClFNO/c1-16-12-10(13)6-8(7-15-12)9-4-2-3-5-11(9)14/h2-7H,1H3. The van der Waals surface area contributed by atoms with E-state index in [-0.39, 0.29) is 5.82 Å². The third-order valence-corrected chi connectivity index (χ3v) is 2.46. The maximum absolute atomic E-state index is 13.5. The van der Waals surface area contributed by atoms with Crippen LogP contribution in [0.3, 0.4) is 0 Å². The molecule has 1 aromatic heterocycles. The molecule has 0 radical (unpaired) electrons. The number of hydrogen-bond acceptors (Lipinski definition) is 2. The van der Waals surface area contributed by atoms with Crippen molar-refractivity contribution in [2.45, 2.75) is 0 Å². The van der Waals surface area contributed by atoms with Gasteiger partial charge in [0.1, 0.15) is 10.8 Å². The Hall–Kier alpha value is -1.61. The Morgan fingerprint density at radius 1 is 1.31 bits per heavy atom. The van der Waals surface area contributed by atoms with Gasteiger partial charge in [0.05, 0.1) is 7.11 Å². The lowest BCUT2D eigenvalue weighted by molar-refractivity contribution is 0.398. The van der Waals surface area contributed by atoms with Gasteiger partial charge in [-0.3, -0.25) is 0 Å². The van der Waals surface area contributed by atoms with Gasteiger partial charge in [-0.1, -0.05) is 29.8 Å². The average Bonchev–Trinajstić information content (AvgIpc) is 2.29. The number of ether oxygens (including phenoxy) is 1. The molecule has 2 nitrogen and oxygen atoms in total. The van der Waals surface area contributed by atoms with Crippen molar-refractivity contribution < 1.29 is 9.13 Å². The summed E-state index contributed by atoms with van der Waals surface area (Å²) in [5.74, 6) is 0.0345. The van der Waals surface area contributed by atoms with Crippen LogP contribution in [0.5, 0.6) is 5.88 Å². The second-order valence-corrected chi connectivity index (χ2v) is 3.60. The summed E-state index contributed by atoms with van der Waals surface area (Å²) in [4.78, 5) is 3.99. The van der Waals surface area contributed by atoms with E-state index in [0.717, 1.165) is 0 Å². The molecule has 0 saturated heterocycles. The number of rotatable bonds is 2. The van der Waals surface area contributed by atoms with Crippen LogP contribution in [0.4, 0.5) is 4.39 Å². The molecule has 1 aromatic carbocycles. The fraction of sp³-hybridized carbons (Fsp3) is 0.0833. The molecular weight excluding hydrogens is 229 g/mol. The van der Waals surface area contributed by atoms with E-state index in [2.05, 4.69) is 4.98 Å². The number of nitrogens with zero attached hydrogens (tertiary/aromatic N) is 1. The average molecular weight is 238 g/mol. The minimum atomic E-state index is -0.300. The first-order valence-corrected chi connectivity index (χ1v) is 5.04. The lowest BCUT2D eigenvalue weighted by atomic mass is 10.1. The molecule has 0 aliphatic heterocycles. The van der Waals surface area contributed by atoms with E-state index in [1.54, 1.807) is 24.3 Å². The van der Waals surface area contributed by atoms with Crippen molar-refractivity contribution in [1.29, 1.82) is 0 Å². The largest absolute Gasteiger partial charge is 0.480 e. The number of halogens is 2. The number of methoxy groups -OCH3 is 1. The third kappa shape index (κ3) is 1.99. The summed E-state index contributed by atoms with van der Waals surface area (Å²) in [6.45, 7) is 0.